The minimum atomic E-state index is -5.08. The largest absolute Gasteiger partial charge is 0.490 e. The second kappa shape index (κ2) is 7.77. The lowest BCUT2D eigenvalue weighted by molar-refractivity contribution is -0.192. The van der Waals surface area contributed by atoms with Crippen molar-refractivity contribution in [3.8, 4) is 0 Å². The highest BCUT2D eigenvalue weighted by Crippen LogP contribution is 2.22. The number of nitrogens with two attached hydrogens (primary N) is 1. The Morgan fingerprint density at radius 1 is 1.08 bits per heavy atom. The normalized spacial score (nSPS) is 11.4. The predicted molar refractivity (Wildman–Crippen MR) is 94.4 cm³/mol. The van der Waals surface area contributed by atoms with Crippen LogP contribution in [0.25, 0.3) is 23.1 Å². The summed E-state index contributed by atoms with van der Waals surface area (Å²) in [4.78, 5) is 8.90. The molecule has 0 atom stereocenters. The predicted octanol–water partition coefficient (Wildman–Crippen LogP) is 5.13. The van der Waals surface area contributed by atoms with E-state index in [0.29, 0.717) is 0 Å². The third-order valence-corrected chi connectivity index (χ3v) is 3.31. The number of rotatable bonds is 2. The number of hydrogen-bond donors (Lipinski definition) is 2. The smallest absolute Gasteiger partial charge is 0.475 e. The Bertz CT molecular complexity index is 925. The van der Waals surface area contributed by atoms with Gasteiger partial charge in [0.1, 0.15) is 11.3 Å². The molecule has 0 aliphatic heterocycles. The van der Waals surface area contributed by atoms with E-state index in [-0.39, 0.29) is 0 Å². The fourth-order valence-electron chi connectivity index (χ4n) is 2.03. The SMILES string of the molecule is Cc1ccc2cc(/C=C/c3ccc(N)cc3)oc2c1.O=C(O)C(F)(F)F. The number of furan rings is 1. The van der Waals surface area contributed by atoms with Crippen LogP contribution in [0, 0.1) is 6.92 Å². The Hall–Kier alpha value is -3.22. The van der Waals surface area contributed by atoms with Crippen LogP contribution in [-0.2, 0) is 4.79 Å². The molecule has 0 fully saturated rings. The summed E-state index contributed by atoms with van der Waals surface area (Å²) in [6, 6.07) is 16.0. The van der Waals surface area contributed by atoms with Gasteiger partial charge in [-0.2, -0.15) is 13.2 Å². The number of hydrogen-bond acceptors (Lipinski definition) is 3. The van der Waals surface area contributed by atoms with Gasteiger partial charge < -0.3 is 15.3 Å². The highest BCUT2D eigenvalue weighted by Gasteiger charge is 2.38. The summed E-state index contributed by atoms with van der Waals surface area (Å²) in [6.45, 7) is 2.06. The van der Waals surface area contributed by atoms with Crippen molar-refractivity contribution in [1.82, 2.24) is 0 Å². The van der Waals surface area contributed by atoms with Crippen molar-refractivity contribution >= 4 is 34.8 Å². The van der Waals surface area contributed by atoms with Gasteiger partial charge in [-0.3, -0.25) is 0 Å². The van der Waals surface area contributed by atoms with E-state index in [1.165, 1.54) is 5.56 Å². The zero-order valence-corrected chi connectivity index (χ0v) is 13.7. The average Bonchev–Trinajstić information content (AvgIpc) is 2.96. The van der Waals surface area contributed by atoms with E-state index in [9.17, 15) is 13.2 Å². The number of carboxylic acids is 1. The highest BCUT2D eigenvalue weighted by molar-refractivity contribution is 5.82. The summed E-state index contributed by atoms with van der Waals surface area (Å²) < 4.78 is 37.5. The molecule has 136 valence electrons. The number of aryl methyl sites for hydroxylation is 1. The maximum Gasteiger partial charge on any atom is 0.490 e. The van der Waals surface area contributed by atoms with Gasteiger partial charge in [-0.1, -0.05) is 30.3 Å². The van der Waals surface area contributed by atoms with Crippen molar-refractivity contribution in [3.05, 3.63) is 65.4 Å². The van der Waals surface area contributed by atoms with E-state index < -0.39 is 12.1 Å². The molecule has 3 aromatic rings. The summed E-state index contributed by atoms with van der Waals surface area (Å²) in [5, 5.41) is 8.25. The van der Waals surface area contributed by atoms with Gasteiger partial charge in [-0.25, -0.2) is 4.79 Å². The third-order valence-electron chi connectivity index (χ3n) is 3.31. The quantitative estimate of drug-likeness (QED) is 0.619. The Balaban J connectivity index is 0.000000298. The first-order valence-electron chi connectivity index (χ1n) is 7.49. The fourth-order valence-corrected chi connectivity index (χ4v) is 2.03. The molecule has 26 heavy (non-hydrogen) atoms. The number of halogens is 3. The second-order valence-electron chi connectivity index (χ2n) is 5.49. The van der Waals surface area contributed by atoms with Crippen LogP contribution in [0.4, 0.5) is 18.9 Å². The molecule has 3 N–H and O–H groups in total. The molecule has 1 aromatic heterocycles. The summed E-state index contributed by atoms with van der Waals surface area (Å²) >= 11 is 0. The van der Waals surface area contributed by atoms with Gasteiger partial charge in [-0.15, -0.1) is 0 Å². The molecular weight excluding hydrogens is 347 g/mol. The van der Waals surface area contributed by atoms with Crippen LogP contribution in [0.1, 0.15) is 16.9 Å². The molecule has 0 saturated heterocycles. The zero-order chi connectivity index (χ0) is 19.3. The Kier molecular flexibility index (Phi) is 5.71. The summed E-state index contributed by atoms with van der Waals surface area (Å²) in [6.07, 6.45) is -1.09. The van der Waals surface area contributed by atoms with E-state index >= 15 is 0 Å². The third kappa shape index (κ3) is 5.41. The van der Waals surface area contributed by atoms with Gasteiger partial charge in [0, 0.05) is 11.1 Å². The number of benzene rings is 2. The molecule has 4 nitrogen and oxygen atoms in total. The molecule has 0 bridgehead atoms. The lowest BCUT2D eigenvalue weighted by Crippen LogP contribution is -2.21. The molecule has 0 spiro atoms. The topological polar surface area (TPSA) is 76.5 Å². The number of alkyl halides is 3. The molecular formula is C19H16F3NO3. The van der Waals surface area contributed by atoms with Gasteiger partial charge >= 0.3 is 12.1 Å². The van der Waals surface area contributed by atoms with Crippen LogP contribution in [-0.4, -0.2) is 17.3 Å². The molecule has 0 aliphatic rings. The van der Waals surface area contributed by atoms with Gasteiger partial charge in [0.05, 0.1) is 0 Å². The molecule has 2 aromatic carbocycles. The Morgan fingerprint density at radius 2 is 1.69 bits per heavy atom. The molecule has 3 rings (SSSR count). The van der Waals surface area contributed by atoms with Gasteiger partial charge in [0.2, 0.25) is 0 Å². The molecule has 0 aliphatic carbocycles. The molecule has 0 unspecified atom stereocenters. The second-order valence-corrected chi connectivity index (χ2v) is 5.49. The first-order chi connectivity index (χ1) is 12.1. The molecule has 1 heterocycles. The van der Waals surface area contributed by atoms with Crippen LogP contribution < -0.4 is 5.73 Å². The number of aliphatic carboxylic acids is 1. The van der Waals surface area contributed by atoms with Crippen LogP contribution in [0.5, 0.6) is 0 Å². The fraction of sp³-hybridized carbons (Fsp3) is 0.105. The van der Waals surface area contributed by atoms with E-state index in [1.807, 2.05) is 42.5 Å². The molecule has 0 radical (unpaired) electrons. The van der Waals surface area contributed by atoms with E-state index in [2.05, 4.69) is 25.1 Å². The number of fused-ring (bicyclic) bond motifs is 1. The van der Waals surface area contributed by atoms with E-state index in [0.717, 1.165) is 28.0 Å². The van der Waals surface area contributed by atoms with Crippen molar-refractivity contribution in [3.63, 3.8) is 0 Å². The highest BCUT2D eigenvalue weighted by atomic mass is 19.4. The zero-order valence-electron chi connectivity index (χ0n) is 13.7. The van der Waals surface area contributed by atoms with Crippen LogP contribution >= 0.6 is 0 Å². The van der Waals surface area contributed by atoms with Crippen molar-refractivity contribution < 1.29 is 27.5 Å². The standard InChI is InChI=1S/C17H15NO.C2HF3O2/c1-12-2-6-14-11-16(19-17(14)10-12)9-5-13-3-7-15(18)8-4-13;3-2(4,5)1(6)7/h2-11H,18H2,1H3;(H,6,7)/b9-5+;. The maximum atomic E-state index is 10.6. The molecule has 0 amide bonds. The van der Waals surface area contributed by atoms with Gasteiger partial charge in [-0.05, 0) is 48.4 Å². The van der Waals surface area contributed by atoms with Crippen molar-refractivity contribution in [1.29, 1.82) is 0 Å². The average molecular weight is 363 g/mol. The summed E-state index contributed by atoms with van der Waals surface area (Å²) in [7, 11) is 0. The Morgan fingerprint density at radius 3 is 2.27 bits per heavy atom. The lowest BCUT2D eigenvalue weighted by Gasteiger charge is -1.93. The van der Waals surface area contributed by atoms with Crippen molar-refractivity contribution in [2.75, 3.05) is 5.73 Å². The van der Waals surface area contributed by atoms with Crippen molar-refractivity contribution in [2.45, 2.75) is 13.1 Å². The summed E-state index contributed by atoms with van der Waals surface area (Å²) in [5.74, 6) is -1.90. The first-order valence-corrected chi connectivity index (χ1v) is 7.49. The molecule has 7 heteroatoms. The maximum absolute atomic E-state index is 10.6. The van der Waals surface area contributed by atoms with E-state index in [1.54, 1.807) is 0 Å². The van der Waals surface area contributed by atoms with Gasteiger partial charge in [0.15, 0.2) is 0 Å². The number of carbonyl (C=O) groups is 1. The number of anilines is 1. The van der Waals surface area contributed by atoms with Crippen LogP contribution in [0.2, 0.25) is 0 Å². The van der Waals surface area contributed by atoms with Crippen LogP contribution in [0.3, 0.4) is 0 Å². The number of carboxylic acid groups (broad SMARTS) is 1. The van der Waals surface area contributed by atoms with Crippen molar-refractivity contribution in [2.24, 2.45) is 0 Å². The van der Waals surface area contributed by atoms with Gasteiger partial charge in [0.25, 0.3) is 0 Å². The summed E-state index contributed by atoms with van der Waals surface area (Å²) in [5.41, 5.74) is 9.67. The monoisotopic (exact) mass is 363 g/mol. The lowest BCUT2D eigenvalue weighted by atomic mass is 10.1. The van der Waals surface area contributed by atoms with Crippen LogP contribution in [0.15, 0.2) is 52.9 Å². The Labute approximate surface area is 147 Å². The first kappa shape index (κ1) is 19.1. The molecule has 0 saturated carbocycles. The van der Waals surface area contributed by atoms with E-state index in [4.69, 9.17) is 20.1 Å². The number of nitrogen functional groups attached to an aromatic ring is 1. The minimum Gasteiger partial charge on any atom is -0.475 e. The minimum absolute atomic E-state index is 0.774.